The highest BCUT2D eigenvalue weighted by atomic mass is 35.5. The number of nitrogens with zero attached hydrogens (tertiary/aromatic N) is 4. The predicted molar refractivity (Wildman–Crippen MR) is 221 cm³/mol. The molecule has 0 bridgehead atoms. The van der Waals surface area contributed by atoms with Gasteiger partial charge in [0, 0.05) is 22.3 Å². The summed E-state index contributed by atoms with van der Waals surface area (Å²) in [5.41, 5.74) is 7.75. The number of carbonyl (C=O) groups excluding carboxylic acids is 3. The number of carbonyl (C=O) groups is 3. The number of hydrogen-bond acceptors (Lipinski definition) is 13. The van der Waals surface area contributed by atoms with Gasteiger partial charge in [0.25, 0.3) is 5.91 Å². The summed E-state index contributed by atoms with van der Waals surface area (Å²) in [6.45, 7) is 1.14. The van der Waals surface area contributed by atoms with Crippen LogP contribution in [-0.2, 0) is 42.4 Å². The number of rotatable bonds is 13. The van der Waals surface area contributed by atoms with Crippen molar-refractivity contribution in [2.24, 2.45) is 20.5 Å². The minimum atomic E-state index is -4.67. The van der Waals surface area contributed by atoms with Crippen molar-refractivity contribution in [1.29, 1.82) is 0 Å². The molecule has 0 aromatic heterocycles. The van der Waals surface area contributed by atoms with Gasteiger partial charge in [0.2, 0.25) is 11.9 Å². The molecule has 298 valence electrons. The molecule has 1 aliphatic heterocycles. The van der Waals surface area contributed by atoms with Gasteiger partial charge >= 0.3 is 0 Å². The normalized spacial score (nSPS) is 13.1. The number of ketones is 1. The fourth-order valence-corrected chi connectivity index (χ4v) is 6.97. The molecule has 0 aliphatic carbocycles. The molecule has 6 aromatic carbocycles. The van der Waals surface area contributed by atoms with Gasteiger partial charge in [0.05, 0.1) is 27.0 Å². The standard InChI is InChI=1S/C41H31Cl2N7O8S/c1-22(51)38(41(54)44-28-8-11-30(12-9-28)59(55,56)57)48-46-35-13-6-23(18-32(35)42)24-7-14-36(33(43)19-24)47-49-39-31-5-3-2-4-25(31)16-27(40(39)53)21-58-50-29-10-15-34-26(17-29)20-37(52)45-34/h2-19,38,50,53H,20-21H2,1H3,(H,44,54)(H,45,52)(H,55,56,57)/p-1. The van der Waals surface area contributed by atoms with Gasteiger partial charge in [0.1, 0.15) is 39.5 Å². The highest BCUT2D eigenvalue weighted by molar-refractivity contribution is 7.85. The summed E-state index contributed by atoms with van der Waals surface area (Å²) in [6.07, 6.45) is 0.286. The molecule has 6 aromatic rings. The summed E-state index contributed by atoms with van der Waals surface area (Å²) in [6, 6.07) is 27.4. The van der Waals surface area contributed by atoms with E-state index in [2.05, 4.69) is 36.6 Å². The number of anilines is 3. The molecular formula is C41H30Cl2N7O8S-. The number of phenols is 1. The number of nitrogens with one attached hydrogen (secondary N) is 3. The van der Waals surface area contributed by atoms with E-state index in [0.29, 0.717) is 33.5 Å². The second kappa shape index (κ2) is 17.1. The zero-order valence-corrected chi connectivity index (χ0v) is 33.0. The zero-order chi connectivity index (χ0) is 41.8. The van der Waals surface area contributed by atoms with Gasteiger partial charge in [-0.2, -0.15) is 10.2 Å². The van der Waals surface area contributed by atoms with E-state index in [-0.39, 0.29) is 51.8 Å². The molecule has 15 nitrogen and oxygen atoms in total. The highest BCUT2D eigenvalue weighted by Crippen LogP contribution is 2.41. The molecular weight excluding hydrogens is 821 g/mol. The number of phenolic OH excluding ortho intramolecular Hbond substituents is 1. The van der Waals surface area contributed by atoms with Crippen molar-refractivity contribution in [3.8, 4) is 16.9 Å². The fraction of sp³-hybridized carbons (Fsp3) is 0.0976. The fourth-order valence-electron chi connectivity index (χ4n) is 6.07. The van der Waals surface area contributed by atoms with Crippen molar-refractivity contribution in [3.05, 3.63) is 130 Å². The van der Waals surface area contributed by atoms with E-state index in [0.717, 1.165) is 35.7 Å². The maximum Gasteiger partial charge on any atom is 0.258 e. The van der Waals surface area contributed by atoms with Crippen molar-refractivity contribution >= 4 is 95.8 Å². The van der Waals surface area contributed by atoms with Gasteiger partial charge in [-0.15, -0.1) is 10.2 Å². The third-order valence-electron chi connectivity index (χ3n) is 9.03. The van der Waals surface area contributed by atoms with Gasteiger partial charge in [-0.25, -0.2) is 8.42 Å². The number of fused-ring (bicyclic) bond motifs is 2. The monoisotopic (exact) mass is 850 g/mol. The van der Waals surface area contributed by atoms with Crippen molar-refractivity contribution in [2.75, 3.05) is 16.1 Å². The lowest BCUT2D eigenvalue weighted by atomic mass is 10.0. The maximum atomic E-state index is 12.8. The molecule has 4 N–H and O–H groups in total. The Morgan fingerprint density at radius 3 is 2.19 bits per heavy atom. The van der Waals surface area contributed by atoms with Crippen molar-refractivity contribution in [2.45, 2.75) is 30.9 Å². The number of benzene rings is 6. The Hall–Kier alpha value is -6.56. The topological polar surface area (TPSA) is 223 Å². The molecule has 7 rings (SSSR count). The molecule has 0 fully saturated rings. The average Bonchev–Trinajstić information content (AvgIpc) is 3.58. The maximum absolute atomic E-state index is 12.8. The molecule has 0 spiro atoms. The third kappa shape index (κ3) is 9.44. The van der Waals surface area contributed by atoms with E-state index in [1.165, 1.54) is 12.1 Å². The minimum absolute atomic E-state index is 0.0183. The molecule has 2 amide bonds. The molecule has 1 aliphatic rings. The first-order valence-corrected chi connectivity index (χ1v) is 19.7. The van der Waals surface area contributed by atoms with Crippen LogP contribution in [0.15, 0.2) is 135 Å². The Morgan fingerprint density at radius 1 is 0.864 bits per heavy atom. The number of Topliss-reactive ketones (excluding diaryl/α,β-unsaturated/α-hetero) is 1. The second-order valence-electron chi connectivity index (χ2n) is 13.2. The van der Waals surface area contributed by atoms with E-state index in [9.17, 15) is 32.5 Å². The summed E-state index contributed by atoms with van der Waals surface area (Å²) in [5.74, 6) is -1.65. The van der Waals surface area contributed by atoms with Crippen LogP contribution >= 0.6 is 23.2 Å². The number of amides is 2. The SMILES string of the molecule is CC(=O)C(N=Nc1ccc(-c2ccc(N=Nc3c(O)c(CONc4ccc5c(c4)CC(=O)N5)cc4ccccc34)c(Cl)c2)cc1Cl)C(=O)Nc1ccc(S(=O)(=O)[O-])cc1. The van der Waals surface area contributed by atoms with E-state index in [1.807, 2.05) is 30.3 Å². The summed E-state index contributed by atoms with van der Waals surface area (Å²) in [5, 5.41) is 35.1. The number of azo groups is 2. The highest BCUT2D eigenvalue weighted by Gasteiger charge is 2.24. The first-order valence-electron chi connectivity index (χ1n) is 17.6. The molecule has 1 heterocycles. The van der Waals surface area contributed by atoms with Crippen LogP contribution < -0.4 is 16.1 Å². The second-order valence-corrected chi connectivity index (χ2v) is 15.4. The summed E-state index contributed by atoms with van der Waals surface area (Å²) in [7, 11) is -4.67. The Bertz CT molecular complexity index is 2840. The predicted octanol–water partition coefficient (Wildman–Crippen LogP) is 9.56. The Labute approximate surface area is 346 Å². The Balaban J connectivity index is 1.04. The van der Waals surface area contributed by atoms with Crippen LogP contribution in [0.25, 0.3) is 21.9 Å². The minimum Gasteiger partial charge on any atom is -0.744 e. The third-order valence-corrected chi connectivity index (χ3v) is 10.5. The van der Waals surface area contributed by atoms with E-state index in [1.54, 1.807) is 54.6 Å². The van der Waals surface area contributed by atoms with Gasteiger partial charge in [0.15, 0.2) is 5.78 Å². The number of hydrogen-bond donors (Lipinski definition) is 4. The smallest absolute Gasteiger partial charge is 0.258 e. The number of halogens is 2. The Morgan fingerprint density at radius 2 is 1.53 bits per heavy atom. The van der Waals surface area contributed by atoms with Gasteiger partial charge < -0.3 is 20.3 Å². The lowest BCUT2D eigenvalue weighted by Gasteiger charge is -2.12. The largest absolute Gasteiger partial charge is 0.744 e. The molecule has 0 saturated carbocycles. The first kappa shape index (κ1) is 40.6. The molecule has 1 unspecified atom stereocenters. The van der Waals surface area contributed by atoms with Crippen LogP contribution in [0.1, 0.15) is 18.1 Å². The van der Waals surface area contributed by atoms with Crippen molar-refractivity contribution in [3.63, 3.8) is 0 Å². The molecule has 0 saturated heterocycles. The van der Waals surface area contributed by atoms with Crippen LogP contribution in [0.4, 0.5) is 34.1 Å². The van der Waals surface area contributed by atoms with E-state index >= 15 is 0 Å². The molecule has 18 heteroatoms. The quantitative estimate of drug-likeness (QED) is 0.0375. The van der Waals surface area contributed by atoms with Crippen LogP contribution in [-0.4, -0.2) is 41.7 Å². The van der Waals surface area contributed by atoms with Crippen LogP contribution in [0.3, 0.4) is 0 Å². The average molecular weight is 852 g/mol. The van der Waals surface area contributed by atoms with E-state index < -0.39 is 32.7 Å². The van der Waals surface area contributed by atoms with Crippen LogP contribution in [0.2, 0.25) is 10.0 Å². The molecule has 59 heavy (non-hydrogen) atoms. The Kier molecular flexibility index (Phi) is 11.8. The lowest BCUT2D eigenvalue weighted by molar-refractivity contribution is -0.126. The van der Waals surface area contributed by atoms with E-state index in [4.69, 9.17) is 28.0 Å². The molecule has 0 radical (unpaired) electrons. The van der Waals surface area contributed by atoms with Crippen LogP contribution in [0.5, 0.6) is 5.75 Å². The summed E-state index contributed by atoms with van der Waals surface area (Å²) >= 11 is 13.2. The zero-order valence-electron chi connectivity index (χ0n) is 30.6. The van der Waals surface area contributed by atoms with Gasteiger partial charge in [-0.3, -0.25) is 24.7 Å². The number of aromatic hydroxyl groups is 1. The first-order chi connectivity index (χ1) is 28.2. The molecule has 1 atom stereocenters. The van der Waals surface area contributed by atoms with Crippen molar-refractivity contribution in [1.82, 2.24) is 0 Å². The lowest BCUT2D eigenvalue weighted by Crippen LogP contribution is -2.31. The summed E-state index contributed by atoms with van der Waals surface area (Å²) < 4.78 is 33.5. The summed E-state index contributed by atoms with van der Waals surface area (Å²) in [4.78, 5) is 42.1. The van der Waals surface area contributed by atoms with Crippen molar-refractivity contribution < 1.29 is 37.3 Å². The van der Waals surface area contributed by atoms with Gasteiger partial charge in [-0.1, -0.05) is 59.6 Å². The van der Waals surface area contributed by atoms with Gasteiger partial charge in [-0.05, 0) is 102 Å². The van der Waals surface area contributed by atoms with Crippen LogP contribution in [0, 0.1) is 0 Å².